The zero-order valence-corrected chi connectivity index (χ0v) is 9.22. The number of rotatable bonds is 2. The fourth-order valence-electron chi connectivity index (χ4n) is 0.376. The van der Waals surface area contributed by atoms with Gasteiger partial charge in [0.1, 0.15) is 12.3 Å². The second-order valence-electron chi connectivity index (χ2n) is 2.97. The van der Waals surface area contributed by atoms with Crippen LogP contribution < -0.4 is 0 Å². The highest BCUT2D eigenvalue weighted by Crippen LogP contribution is 2.25. The Morgan fingerprint density at radius 3 is 1.61 bits per heavy atom. The molecule has 1 N–H and O–H groups in total. The number of hydrogen-bond acceptors (Lipinski definition) is 3. The highest BCUT2D eigenvalue weighted by atomic mass is 19.4. The van der Waals surface area contributed by atoms with Crippen LogP contribution in [0.1, 0.15) is 13.3 Å². The van der Waals surface area contributed by atoms with Gasteiger partial charge in [-0.2, -0.15) is 26.3 Å². The molecular weight excluding hydrogens is 274 g/mol. The molecule has 0 rings (SSSR count). The summed E-state index contributed by atoms with van der Waals surface area (Å²) in [5, 5.41) is 7.80. The molecule has 0 aliphatic rings. The molecular formula is C8H10F6O4. The van der Waals surface area contributed by atoms with Crippen molar-refractivity contribution >= 4 is 11.9 Å². The first kappa shape index (κ1) is 18.9. The molecule has 0 amide bonds. The van der Waals surface area contributed by atoms with Crippen LogP contribution >= 0.6 is 0 Å². The number of hydrogen-bond donors (Lipinski definition) is 1. The molecule has 0 aromatic carbocycles. The monoisotopic (exact) mass is 284 g/mol. The Morgan fingerprint density at radius 2 is 1.56 bits per heavy atom. The first-order chi connectivity index (χ1) is 7.81. The molecule has 0 aromatic rings. The Labute approximate surface area is 97.5 Å². The Hall–Kier alpha value is -1.48. The zero-order chi connectivity index (χ0) is 15.1. The second kappa shape index (κ2) is 7.07. The summed E-state index contributed by atoms with van der Waals surface area (Å²) in [6, 6.07) is 0. The fraction of sp³-hybridized carbons (Fsp3) is 0.750. The van der Waals surface area contributed by atoms with E-state index < -0.39 is 36.6 Å². The topological polar surface area (TPSA) is 63.6 Å². The van der Waals surface area contributed by atoms with Crippen LogP contribution in [0.5, 0.6) is 0 Å². The number of alkyl halides is 6. The summed E-state index contributed by atoms with van der Waals surface area (Å²) in [6.45, 7) is 0.600. The molecule has 0 saturated carbocycles. The average molecular weight is 284 g/mol. The lowest BCUT2D eigenvalue weighted by molar-refractivity contribution is -0.189. The van der Waals surface area contributed by atoms with Crippen LogP contribution in [0, 0.1) is 5.92 Å². The van der Waals surface area contributed by atoms with E-state index in [0.29, 0.717) is 6.92 Å². The van der Waals surface area contributed by atoms with Crippen LogP contribution in [-0.4, -0.2) is 36.5 Å². The van der Waals surface area contributed by atoms with Gasteiger partial charge in [0.15, 0.2) is 0 Å². The smallest absolute Gasteiger partial charge is 0.401 e. The van der Waals surface area contributed by atoms with Gasteiger partial charge in [-0.3, -0.25) is 9.59 Å². The number of ether oxygens (including phenoxy) is 1. The highest BCUT2D eigenvalue weighted by Gasteiger charge is 2.41. The lowest BCUT2D eigenvalue weighted by atomic mass is 10.2. The van der Waals surface area contributed by atoms with Gasteiger partial charge in [0.05, 0.1) is 7.11 Å². The number of carboxylic acid groups (broad SMARTS) is 1. The molecule has 0 aliphatic heterocycles. The number of carboxylic acids is 1. The summed E-state index contributed by atoms with van der Waals surface area (Å²) in [7, 11) is 0.911. The van der Waals surface area contributed by atoms with Crippen molar-refractivity contribution in [1.29, 1.82) is 0 Å². The maximum Gasteiger partial charge on any atom is 0.401 e. The van der Waals surface area contributed by atoms with Crippen LogP contribution in [0.25, 0.3) is 0 Å². The average Bonchev–Trinajstić information content (AvgIpc) is 2.13. The Balaban J connectivity index is 0. The van der Waals surface area contributed by atoms with Gasteiger partial charge in [-0.25, -0.2) is 0 Å². The number of carbonyl (C=O) groups is 2. The number of halogens is 6. The van der Waals surface area contributed by atoms with Crippen molar-refractivity contribution in [2.75, 3.05) is 7.11 Å². The zero-order valence-electron chi connectivity index (χ0n) is 9.22. The van der Waals surface area contributed by atoms with Gasteiger partial charge in [-0.15, -0.1) is 0 Å². The number of aliphatic carboxylic acids is 1. The molecule has 10 heteroatoms. The Bertz CT molecular complexity index is 280. The van der Waals surface area contributed by atoms with Crippen LogP contribution in [0.15, 0.2) is 0 Å². The predicted octanol–water partition coefficient (Wildman–Crippen LogP) is 2.38. The van der Waals surface area contributed by atoms with Gasteiger partial charge < -0.3 is 9.84 Å². The fourth-order valence-corrected chi connectivity index (χ4v) is 0.376. The van der Waals surface area contributed by atoms with E-state index in [1.165, 1.54) is 0 Å². The van der Waals surface area contributed by atoms with Crippen LogP contribution in [-0.2, 0) is 14.3 Å². The number of esters is 1. The summed E-state index contributed by atoms with van der Waals surface area (Å²) < 4.78 is 71.3. The Morgan fingerprint density at radius 1 is 1.17 bits per heavy atom. The maximum atomic E-state index is 11.3. The van der Waals surface area contributed by atoms with E-state index in [0.717, 1.165) is 7.11 Å². The van der Waals surface area contributed by atoms with E-state index in [4.69, 9.17) is 5.11 Å². The van der Waals surface area contributed by atoms with E-state index in [-0.39, 0.29) is 0 Å². The van der Waals surface area contributed by atoms with Crippen molar-refractivity contribution in [2.45, 2.75) is 25.7 Å². The first-order valence-corrected chi connectivity index (χ1v) is 4.24. The normalized spacial score (nSPS) is 13.1. The molecule has 1 atom stereocenters. The SMILES string of the molecule is CC(C(=O)O)C(F)(F)F.COC(=O)CC(F)(F)F. The van der Waals surface area contributed by atoms with Crippen molar-refractivity contribution in [3.05, 3.63) is 0 Å². The van der Waals surface area contributed by atoms with Crippen molar-refractivity contribution in [2.24, 2.45) is 5.92 Å². The van der Waals surface area contributed by atoms with E-state index >= 15 is 0 Å². The third-order valence-corrected chi connectivity index (χ3v) is 1.43. The third kappa shape index (κ3) is 11.0. The van der Waals surface area contributed by atoms with E-state index in [1.807, 2.05) is 0 Å². The minimum atomic E-state index is -4.62. The number of carbonyl (C=O) groups excluding carboxylic acids is 1. The third-order valence-electron chi connectivity index (χ3n) is 1.43. The predicted molar refractivity (Wildman–Crippen MR) is 45.5 cm³/mol. The highest BCUT2D eigenvalue weighted by molar-refractivity contribution is 5.70. The van der Waals surface area contributed by atoms with Gasteiger partial charge in [-0.05, 0) is 6.92 Å². The van der Waals surface area contributed by atoms with E-state index in [9.17, 15) is 35.9 Å². The molecule has 0 heterocycles. The van der Waals surface area contributed by atoms with Crippen LogP contribution in [0.2, 0.25) is 0 Å². The minimum absolute atomic E-state index is 0.600. The Kier molecular flexibility index (Phi) is 7.41. The van der Waals surface area contributed by atoms with Crippen molar-refractivity contribution < 1.29 is 45.8 Å². The van der Waals surface area contributed by atoms with Crippen molar-refractivity contribution in [3.63, 3.8) is 0 Å². The molecule has 0 radical (unpaired) electrons. The molecule has 1 unspecified atom stereocenters. The molecule has 4 nitrogen and oxygen atoms in total. The molecule has 0 aromatic heterocycles. The summed E-state index contributed by atoms with van der Waals surface area (Å²) in [4.78, 5) is 19.5. The quantitative estimate of drug-likeness (QED) is 0.624. The standard InChI is InChI=1S/2C4H5F3O2/c1-9-3(8)2-4(5,6)7;1-2(3(8)9)4(5,6)7/h2H2,1H3;2H,1H3,(H,8,9). The summed E-state index contributed by atoms with van der Waals surface area (Å²) in [5.41, 5.74) is 0. The van der Waals surface area contributed by atoms with Gasteiger partial charge in [-0.1, -0.05) is 0 Å². The first-order valence-electron chi connectivity index (χ1n) is 4.24. The molecule has 18 heavy (non-hydrogen) atoms. The molecule has 0 aliphatic carbocycles. The summed E-state index contributed by atoms with van der Waals surface area (Å²) in [6.07, 6.45) is -10.6. The van der Waals surface area contributed by atoms with Crippen molar-refractivity contribution in [3.8, 4) is 0 Å². The largest absolute Gasteiger partial charge is 0.481 e. The van der Waals surface area contributed by atoms with E-state index in [1.54, 1.807) is 0 Å². The lowest BCUT2D eigenvalue weighted by Gasteiger charge is -2.09. The summed E-state index contributed by atoms with van der Waals surface area (Å²) >= 11 is 0. The molecule has 0 spiro atoms. The molecule has 0 fully saturated rings. The molecule has 0 bridgehead atoms. The van der Waals surface area contributed by atoms with Gasteiger partial charge >= 0.3 is 24.3 Å². The minimum Gasteiger partial charge on any atom is -0.481 e. The lowest BCUT2D eigenvalue weighted by Crippen LogP contribution is -2.27. The van der Waals surface area contributed by atoms with Crippen molar-refractivity contribution in [1.82, 2.24) is 0 Å². The molecule has 108 valence electrons. The van der Waals surface area contributed by atoms with Gasteiger partial charge in [0, 0.05) is 0 Å². The van der Waals surface area contributed by atoms with Gasteiger partial charge in [0.2, 0.25) is 0 Å². The number of methoxy groups -OCH3 is 1. The maximum absolute atomic E-state index is 11.3. The second-order valence-corrected chi connectivity index (χ2v) is 2.97. The van der Waals surface area contributed by atoms with E-state index in [2.05, 4.69) is 4.74 Å². The molecule has 0 saturated heterocycles. The van der Waals surface area contributed by atoms with Crippen LogP contribution in [0.4, 0.5) is 26.3 Å². The summed E-state index contributed by atoms with van der Waals surface area (Å²) in [5.74, 6) is -5.37. The van der Waals surface area contributed by atoms with Crippen LogP contribution in [0.3, 0.4) is 0 Å². The van der Waals surface area contributed by atoms with Gasteiger partial charge in [0.25, 0.3) is 0 Å².